The average molecular weight is 604 g/mol. The third-order valence-electron chi connectivity index (χ3n) is 11.3. The van der Waals surface area contributed by atoms with Gasteiger partial charge in [-0.3, -0.25) is 0 Å². The standard InChI is InChI=1S/C42H42BNO2/c1-39(2)35-17-13-12-16-31(35)33-22-19-29(25-37(33)39)44(28-14-10-9-11-15-28)30-20-23-34-32-21-18-27(24-36(32)40(3,4)38(34)26-30)43-45-41(5,6)42(7,8)46-43/h9-26H,1-8H3. The van der Waals surface area contributed by atoms with Gasteiger partial charge in [-0.05, 0) is 114 Å². The monoisotopic (exact) mass is 603 g/mol. The largest absolute Gasteiger partial charge is 0.494 e. The normalized spacial score (nSPS) is 18.9. The van der Waals surface area contributed by atoms with Crippen LogP contribution in [0.15, 0.2) is 109 Å². The van der Waals surface area contributed by atoms with Crippen LogP contribution in [0.2, 0.25) is 0 Å². The Morgan fingerprint density at radius 3 is 1.48 bits per heavy atom. The van der Waals surface area contributed by atoms with E-state index >= 15 is 0 Å². The van der Waals surface area contributed by atoms with Crippen molar-refractivity contribution in [3.8, 4) is 22.3 Å². The third kappa shape index (κ3) is 4.13. The Morgan fingerprint density at radius 1 is 0.435 bits per heavy atom. The average Bonchev–Trinajstić information content (AvgIpc) is 3.51. The van der Waals surface area contributed by atoms with Gasteiger partial charge in [0, 0.05) is 27.9 Å². The molecule has 46 heavy (non-hydrogen) atoms. The lowest BCUT2D eigenvalue weighted by Gasteiger charge is -2.32. The molecule has 0 atom stereocenters. The highest BCUT2D eigenvalue weighted by atomic mass is 16.7. The molecule has 0 saturated carbocycles. The first-order valence-corrected chi connectivity index (χ1v) is 16.5. The summed E-state index contributed by atoms with van der Waals surface area (Å²) >= 11 is 0. The maximum Gasteiger partial charge on any atom is 0.494 e. The van der Waals surface area contributed by atoms with Gasteiger partial charge in [0.15, 0.2) is 0 Å². The fraction of sp³-hybridized carbons (Fsp3) is 0.286. The zero-order valence-corrected chi connectivity index (χ0v) is 28.2. The molecule has 0 aromatic heterocycles. The second kappa shape index (κ2) is 9.70. The molecule has 0 spiro atoms. The number of anilines is 3. The van der Waals surface area contributed by atoms with E-state index in [4.69, 9.17) is 9.31 Å². The minimum absolute atomic E-state index is 0.0687. The lowest BCUT2D eigenvalue weighted by Crippen LogP contribution is -2.41. The Hall–Kier alpha value is -4.12. The second-order valence-corrected chi connectivity index (χ2v) is 15.3. The van der Waals surface area contributed by atoms with Crippen molar-refractivity contribution >= 4 is 29.6 Å². The molecule has 2 aliphatic carbocycles. The summed E-state index contributed by atoms with van der Waals surface area (Å²) < 4.78 is 12.9. The van der Waals surface area contributed by atoms with E-state index in [0.717, 1.165) is 16.8 Å². The van der Waals surface area contributed by atoms with Crippen LogP contribution in [0.25, 0.3) is 22.3 Å². The predicted molar refractivity (Wildman–Crippen MR) is 192 cm³/mol. The van der Waals surface area contributed by atoms with Crippen LogP contribution < -0.4 is 10.4 Å². The molecule has 5 aromatic rings. The van der Waals surface area contributed by atoms with E-state index in [9.17, 15) is 0 Å². The van der Waals surface area contributed by atoms with E-state index in [-0.39, 0.29) is 29.2 Å². The van der Waals surface area contributed by atoms with Crippen LogP contribution in [0, 0.1) is 0 Å². The molecule has 1 saturated heterocycles. The molecular weight excluding hydrogens is 561 g/mol. The fourth-order valence-electron chi connectivity index (χ4n) is 7.86. The third-order valence-corrected chi connectivity index (χ3v) is 11.3. The first kappa shape index (κ1) is 29.3. The fourth-order valence-corrected chi connectivity index (χ4v) is 7.86. The van der Waals surface area contributed by atoms with Crippen LogP contribution in [0.1, 0.15) is 77.6 Å². The van der Waals surface area contributed by atoms with Gasteiger partial charge in [-0.25, -0.2) is 0 Å². The van der Waals surface area contributed by atoms with Gasteiger partial charge in [-0.1, -0.05) is 100 Å². The Morgan fingerprint density at radius 2 is 0.891 bits per heavy atom. The molecule has 5 aromatic carbocycles. The molecule has 4 heteroatoms. The van der Waals surface area contributed by atoms with Crippen LogP contribution in [0.4, 0.5) is 17.1 Å². The summed E-state index contributed by atoms with van der Waals surface area (Å²) in [6, 6.07) is 40.4. The van der Waals surface area contributed by atoms with Crippen LogP contribution in [0.5, 0.6) is 0 Å². The number of rotatable bonds is 4. The first-order chi connectivity index (χ1) is 21.8. The van der Waals surface area contributed by atoms with E-state index in [0.29, 0.717) is 0 Å². The highest BCUT2D eigenvalue weighted by Crippen LogP contribution is 2.53. The number of hydrogen-bond acceptors (Lipinski definition) is 3. The molecule has 0 N–H and O–H groups in total. The van der Waals surface area contributed by atoms with Crippen LogP contribution in [0.3, 0.4) is 0 Å². The van der Waals surface area contributed by atoms with Crippen molar-refractivity contribution in [1.82, 2.24) is 0 Å². The van der Waals surface area contributed by atoms with Crippen molar-refractivity contribution in [3.63, 3.8) is 0 Å². The Labute approximate surface area is 274 Å². The Bertz CT molecular complexity index is 2010. The number of hydrogen-bond donors (Lipinski definition) is 0. The minimum atomic E-state index is -0.380. The molecule has 3 nitrogen and oxygen atoms in total. The van der Waals surface area contributed by atoms with Gasteiger partial charge in [0.1, 0.15) is 0 Å². The SMILES string of the molecule is CC1(C)c2ccccc2-c2ccc(N(c3ccccc3)c3ccc4c(c3)C(C)(C)c3cc(B5OC(C)(C)C(C)(C)O5)ccc3-4)cc21. The molecule has 230 valence electrons. The summed E-state index contributed by atoms with van der Waals surface area (Å²) in [6.45, 7) is 17.8. The van der Waals surface area contributed by atoms with Crippen molar-refractivity contribution in [1.29, 1.82) is 0 Å². The minimum Gasteiger partial charge on any atom is -0.399 e. The molecule has 0 unspecified atom stereocenters. The van der Waals surface area contributed by atoms with E-state index in [2.05, 4.69) is 169 Å². The van der Waals surface area contributed by atoms with Gasteiger partial charge in [0.05, 0.1) is 11.2 Å². The van der Waals surface area contributed by atoms with Gasteiger partial charge >= 0.3 is 7.12 Å². The van der Waals surface area contributed by atoms with Gasteiger partial charge in [0.25, 0.3) is 0 Å². The molecule has 1 fully saturated rings. The van der Waals surface area contributed by atoms with Crippen molar-refractivity contribution in [2.24, 2.45) is 0 Å². The van der Waals surface area contributed by atoms with Crippen molar-refractivity contribution in [3.05, 3.63) is 131 Å². The first-order valence-electron chi connectivity index (χ1n) is 16.5. The van der Waals surface area contributed by atoms with E-state index < -0.39 is 0 Å². The quantitative estimate of drug-likeness (QED) is 0.191. The zero-order chi connectivity index (χ0) is 32.2. The lowest BCUT2D eigenvalue weighted by atomic mass is 9.74. The van der Waals surface area contributed by atoms with Crippen molar-refractivity contribution in [2.45, 2.75) is 77.4 Å². The van der Waals surface area contributed by atoms with Crippen LogP contribution in [-0.2, 0) is 20.1 Å². The smallest absolute Gasteiger partial charge is 0.399 e. The topological polar surface area (TPSA) is 21.7 Å². The van der Waals surface area contributed by atoms with E-state index in [1.807, 2.05) is 0 Å². The van der Waals surface area contributed by atoms with Gasteiger partial charge in [-0.2, -0.15) is 0 Å². The summed E-state index contributed by atoms with van der Waals surface area (Å²) in [6.07, 6.45) is 0. The summed E-state index contributed by atoms with van der Waals surface area (Å²) in [4.78, 5) is 2.41. The molecule has 1 heterocycles. The molecule has 8 rings (SSSR count). The predicted octanol–water partition coefficient (Wildman–Crippen LogP) is 10.1. The van der Waals surface area contributed by atoms with Gasteiger partial charge in [0.2, 0.25) is 0 Å². The van der Waals surface area contributed by atoms with Crippen molar-refractivity contribution < 1.29 is 9.31 Å². The summed E-state index contributed by atoms with van der Waals surface area (Å²) in [5.74, 6) is 0. The molecule has 3 aliphatic rings. The Balaban J connectivity index is 1.22. The maximum atomic E-state index is 6.44. The highest BCUT2D eigenvalue weighted by Gasteiger charge is 2.52. The maximum absolute atomic E-state index is 6.44. The zero-order valence-electron chi connectivity index (χ0n) is 28.2. The number of para-hydroxylation sites is 1. The van der Waals surface area contributed by atoms with Crippen molar-refractivity contribution in [2.75, 3.05) is 4.90 Å². The number of nitrogens with zero attached hydrogens (tertiary/aromatic N) is 1. The van der Waals surface area contributed by atoms with Gasteiger partial charge in [-0.15, -0.1) is 0 Å². The van der Waals surface area contributed by atoms with Crippen LogP contribution in [-0.4, -0.2) is 18.3 Å². The number of benzene rings is 5. The molecular formula is C42H42BNO2. The molecule has 1 aliphatic heterocycles. The second-order valence-electron chi connectivity index (χ2n) is 15.3. The summed E-state index contributed by atoms with van der Waals surface area (Å²) in [5.41, 5.74) is 14.2. The van der Waals surface area contributed by atoms with E-state index in [1.165, 1.54) is 50.2 Å². The van der Waals surface area contributed by atoms with Gasteiger partial charge < -0.3 is 14.2 Å². The van der Waals surface area contributed by atoms with E-state index in [1.54, 1.807) is 0 Å². The molecule has 0 amide bonds. The molecule has 0 bridgehead atoms. The Kier molecular flexibility index (Phi) is 6.18. The summed E-state index contributed by atoms with van der Waals surface area (Å²) in [5, 5.41) is 0. The summed E-state index contributed by atoms with van der Waals surface area (Å²) in [7, 11) is -0.380. The van der Waals surface area contributed by atoms with Crippen LogP contribution >= 0.6 is 0 Å². The highest BCUT2D eigenvalue weighted by molar-refractivity contribution is 6.62. The lowest BCUT2D eigenvalue weighted by molar-refractivity contribution is 0.00578. The number of fused-ring (bicyclic) bond motifs is 6. The molecule has 0 radical (unpaired) electrons.